The van der Waals surface area contributed by atoms with Crippen LogP contribution in [0.2, 0.25) is 0 Å². The largest absolute Gasteiger partial charge is 0.370 e. The SMILES string of the molecule is Cc1c(N2CC(C3(NCCC#N)CC3)C2)ccc2c(=O)n(N)c(=O)n(C3CC3)c12. The highest BCUT2D eigenvalue weighted by Crippen LogP contribution is 2.48. The lowest BCUT2D eigenvalue weighted by molar-refractivity contribution is 0.276. The Morgan fingerprint density at radius 3 is 2.62 bits per heavy atom. The van der Waals surface area contributed by atoms with Crippen molar-refractivity contribution in [2.45, 2.75) is 50.6 Å². The van der Waals surface area contributed by atoms with Gasteiger partial charge in [0.2, 0.25) is 0 Å². The summed E-state index contributed by atoms with van der Waals surface area (Å²) >= 11 is 0. The number of rotatable bonds is 6. The molecule has 2 saturated carbocycles. The molecule has 0 atom stereocenters. The van der Waals surface area contributed by atoms with Gasteiger partial charge in [-0.3, -0.25) is 9.36 Å². The molecule has 152 valence electrons. The second kappa shape index (κ2) is 6.36. The van der Waals surface area contributed by atoms with Crippen LogP contribution in [0.3, 0.4) is 0 Å². The second-order valence-corrected chi connectivity index (χ2v) is 8.76. The molecule has 1 aromatic heterocycles. The van der Waals surface area contributed by atoms with E-state index in [0.29, 0.717) is 17.7 Å². The molecular formula is C21H26N6O2. The smallest absolute Gasteiger partial charge is 0.350 e. The molecule has 1 aliphatic heterocycles. The van der Waals surface area contributed by atoms with E-state index >= 15 is 0 Å². The summed E-state index contributed by atoms with van der Waals surface area (Å²) in [5.41, 5.74) is 2.14. The summed E-state index contributed by atoms with van der Waals surface area (Å²) in [5.74, 6) is 6.32. The van der Waals surface area contributed by atoms with E-state index in [0.717, 1.165) is 53.9 Å². The van der Waals surface area contributed by atoms with Crippen molar-refractivity contribution in [3.05, 3.63) is 38.5 Å². The summed E-state index contributed by atoms with van der Waals surface area (Å²) in [6.07, 6.45) is 4.77. The van der Waals surface area contributed by atoms with Crippen molar-refractivity contribution in [1.29, 1.82) is 5.26 Å². The van der Waals surface area contributed by atoms with Crippen LogP contribution in [0.4, 0.5) is 5.69 Å². The molecular weight excluding hydrogens is 368 g/mol. The van der Waals surface area contributed by atoms with Crippen molar-refractivity contribution < 1.29 is 0 Å². The van der Waals surface area contributed by atoms with E-state index in [4.69, 9.17) is 11.1 Å². The summed E-state index contributed by atoms with van der Waals surface area (Å²) in [6, 6.07) is 6.13. The number of hydrogen-bond acceptors (Lipinski definition) is 6. The number of nitrogens with zero attached hydrogens (tertiary/aromatic N) is 4. The Kier molecular flexibility index (Phi) is 4.00. The Balaban J connectivity index is 1.46. The number of aromatic nitrogens is 2. The Hall–Kier alpha value is -2.79. The number of anilines is 1. The Bertz CT molecular complexity index is 1140. The topological polar surface area (TPSA) is 109 Å². The van der Waals surface area contributed by atoms with Gasteiger partial charge < -0.3 is 16.1 Å². The van der Waals surface area contributed by atoms with Gasteiger partial charge in [-0.25, -0.2) is 4.79 Å². The average molecular weight is 394 g/mol. The molecule has 2 aromatic rings. The molecule has 8 nitrogen and oxygen atoms in total. The summed E-state index contributed by atoms with van der Waals surface area (Å²) in [7, 11) is 0. The predicted octanol–water partition coefficient (Wildman–Crippen LogP) is 0.992. The average Bonchev–Trinajstić information content (AvgIpc) is 3.58. The zero-order valence-electron chi connectivity index (χ0n) is 16.6. The monoisotopic (exact) mass is 394 g/mol. The van der Waals surface area contributed by atoms with Gasteiger partial charge in [0.15, 0.2) is 0 Å². The van der Waals surface area contributed by atoms with Gasteiger partial charge in [-0.2, -0.15) is 9.94 Å². The first-order chi connectivity index (χ1) is 14.0. The van der Waals surface area contributed by atoms with Crippen molar-refractivity contribution >= 4 is 16.6 Å². The molecule has 2 aliphatic carbocycles. The van der Waals surface area contributed by atoms with Crippen molar-refractivity contribution in [2.75, 3.05) is 30.4 Å². The molecule has 0 amide bonds. The molecule has 29 heavy (non-hydrogen) atoms. The lowest BCUT2D eigenvalue weighted by atomic mass is 9.87. The van der Waals surface area contributed by atoms with Crippen LogP contribution in [-0.2, 0) is 0 Å². The first kappa shape index (κ1) is 18.3. The zero-order valence-corrected chi connectivity index (χ0v) is 16.6. The molecule has 8 heteroatoms. The molecule has 0 radical (unpaired) electrons. The number of nitrogens with one attached hydrogen (secondary N) is 1. The summed E-state index contributed by atoms with van der Waals surface area (Å²) in [6.45, 7) is 4.66. The molecule has 1 aromatic carbocycles. The van der Waals surface area contributed by atoms with Crippen LogP contribution >= 0.6 is 0 Å². The summed E-state index contributed by atoms with van der Waals surface area (Å²) in [5, 5.41) is 12.9. The lowest BCUT2D eigenvalue weighted by Crippen LogP contribution is -2.57. The van der Waals surface area contributed by atoms with Gasteiger partial charge in [-0.1, -0.05) is 0 Å². The third kappa shape index (κ3) is 2.76. The molecule has 2 heterocycles. The third-order valence-electron chi connectivity index (χ3n) is 6.92. The van der Waals surface area contributed by atoms with Gasteiger partial charge in [0, 0.05) is 49.2 Å². The van der Waals surface area contributed by atoms with E-state index in [-0.39, 0.29) is 11.6 Å². The maximum atomic E-state index is 12.7. The highest BCUT2D eigenvalue weighted by Gasteiger charge is 2.53. The minimum absolute atomic E-state index is 0.137. The minimum Gasteiger partial charge on any atom is -0.370 e. The maximum absolute atomic E-state index is 12.7. The molecule has 1 saturated heterocycles. The highest BCUT2D eigenvalue weighted by atomic mass is 16.2. The summed E-state index contributed by atoms with van der Waals surface area (Å²) < 4.78 is 2.46. The second-order valence-electron chi connectivity index (χ2n) is 8.76. The summed E-state index contributed by atoms with van der Waals surface area (Å²) in [4.78, 5) is 27.6. The fourth-order valence-electron chi connectivity index (χ4n) is 4.87. The first-order valence-corrected chi connectivity index (χ1v) is 10.4. The molecule has 0 spiro atoms. The fraction of sp³-hybridized carbons (Fsp3) is 0.571. The van der Waals surface area contributed by atoms with E-state index in [1.807, 2.05) is 19.1 Å². The minimum atomic E-state index is -0.434. The van der Waals surface area contributed by atoms with E-state index in [2.05, 4.69) is 16.3 Å². The standard InChI is InChI=1S/C21H26N6O2/c1-13-17(25-11-14(12-25)21(7-8-21)24-10-2-9-22)6-5-16-18(13)26(15-3-4-15)20(29)27(23)19(16)28/h5-6,14-15,24H,2-4,7-8,10-12,23H2,1H3. The highest BCUT2D eigenvalue weighted by molar-refractivity contribution is 5.87. The fourth-order valence-corrected chi connectivity index (χ4v) is 4.87. The Morgan fingerprint density at radius 2 is 2.00 bits per heavy atom. The van der Waals surface area contributed by atoms with Crippen molar-refractivity contribution in [3.63, 3.8) is 0 Å². The first-order valence-electron chi connectivity index (χ1n) is 10.4. The zero-order chi connectivity index (χ0) is 20.3. The quantitative estimate of drug-likeness (QED) is 0.559. The third-order valence-corrected chi connectivity index (χ3v) is 6.92. The van der Waals surface area contributed by atoms with Crippen LogP contribution in [0, 0.1) is 24.2 Å². The van der Waals surface area contributed by atoms with Gasteiger partial charge in [0.25, 0.3) is 5.56 Å². The number of benzene rings is 1. The number of nitrogen functional groups attached to an aromatic ring is 1. The lowest BCUT2D eigenvalue weighted by Gasteiger charge is -2.46. The number of aryl methyl sites for hydroxylation is 1. The van der Waals surface area contributed by atoms with Crippen molar-refractivity contribution in [1.82, 2.24) is 14.6 Å². The van der Waals surface area contributed by atoms with Crippen LogP contribution in [0.1, 0.15) is 43.7 Å². The molecule has 3 N–H and O–H groups in total. The van der Waals surface area contributed by atoms with E-state index < -0.39 is 11.2 Å². The Labute approximate surface area is 168 Å². The molecule has 0 bridgehead atoms. The van der Waals surface area contributed by atoms with Crippen molar-refractivity contribution in [2.24, 2.45) is 5.92 Å². The van der Waals surface area contributed by atoms with Crippen LogP contribution in [-0.4, -0.2) is 34.4 Å². The van der Waals surface area contributed by atoms with Crippen LogP contribution in [0.5, 0.6) is 0 Å². The maximum Gasteiger partial charge on any atom is 0.350 e. The van der Waals surface area contributed by atoms with Gasteiger partial charge in [-0.05, 0) is 50.3 Å². The number of nitrogens with two attached hydrogens (primary N) is 1. The van der Waals surface area contributed by atoms with Crippen LogP contribution in [0.25, 0.3) is 10.9 Å². The van der Waals surface area contributed by atoms with Crippen LogP contribution in [0.15, 0.2) is 21.7 Å². The van der Waals surface area contributed by atoms with Gasteiger partial charge in [-0.15, -0.1) is 0 Å². The van der Waals surface area contributed by atoms with Crippen molar-refractivity contribution in [3.8, 4) is 6.07 Å². The van der Waals surface area contributed by atoms with E-state index in [1.165, 1.54) is 12.8 Å². The van der Waals surface area contributed by atoms with Gasteiger partial charge in [0.05, 0.1) is 17.0 Å². The number of fused-ring (bicyclic) bond motifs is 1. The van der Waals surface area contributed by atoms with Gasteiger partial charge in [0.1, 0.15) is 0 Å². The number of hydrogen-bond donors (Lipinski definition) is 2. The molecule has 5 rings (SSSR count). The van der Waals surface area contributed by atoms with E-state index in [1.54, 1.807) is 4.57 Å². The normalized spacial score (nSPS) is 20.5. The predicted molar refractivity (Wildman–Crippen MR) is 112 cm³/mol. The van der Waals surface area contributed by atoms with Gasteiger partial charge >= 0.3 is 5.69 Å². The number of nitriles is 1. The molecule has 3 fully saturated rings. The van der Waals surface area contributed by atoms with E-state index in [9.17, 15) is 9.59 Å². The molecule has 0 unspecified atom stereocenters. The molecule has 3 aliphatic rings. The van der Waals surface area contributed by atoms with Crippen LogP contribution < -0.4 is 27.3 Å². The Morgan fingerprint density at radius 1 is 1.28 bits per heavy atom.